The van der Waals surface area contributed by atoms with Crippen LogP contribution < -0.4 is 0 Å². The topological polar surface area (TPSA) is 20.2 Å². The molecule has 26 heavy (non-hydrogen) atoms. The van der Waals surface area contributed by atoms with Gasteiger partial charge in [0.1, 0.15) is 5.76 Å². The maximum absolute atomic E-state index is 9.92. The van der Waals surface area contributed by atoms with E-state index in [1.807, 2.05) is 18.2 Å². The lowest BCUT2D eigenvalue weighted by Gasteiger charge is -2.30. The molecule has 1 atom stereocenters. The van der Waals surface area contributed by atoms with E-state index >= 15 is 0 Å². The molecule has 3 rings (SSSR count). The summed E-state index contributed by atoms with van der Waals surface area (Å²) in [5.74, 6) is 0.553. The lowest BCUT2D eigenvalue weighted by Crippen LogP contribution is -2.24. The summed E-state index contributed by atoms with van der Waals surface area (Å²) in [6.45, 7) is 6.70. The quantitative estimate of drug-likeness (QED) is 0.642. The van der Waals surface area contributed by atoms with Crippen LogP contribution in [0.15, 0.2) is 84.7 Å². The molecule has 1 heteroatoms. The molecule has 0 heterocycles. The van der Waals surface area contributed by atoms with Crippen molar-refractivity contribution in [2.75, 3.05) is 0 Å². The zero-order valence-corrected chi connectivity index (χ0v) is 15.9. The van der Waals surface area contributed by atoms with E-state index in [1.165, 1.54) is 22.3 Å². The molecule has 0 fully saturated rings. The number of aryl methyl sites for hydroxylation is 1. The lowest BCUT2D eigenvalue weighted by atomic mass is 9.74. The molecule has 0 aromatic heterocycles. The number of rotatable bonds is 5. The van der Waals surface area contributed by atoms with Crippen LogP contribution in [0.25, 0.3) is 11.1 Å². The van der Waals surface area contributed by atoms with Crippen molar-refractivity contribution in [1.29, 1.82) is 0 Å². The van der Waals surface area contributed by atoms with Crippen molar-refractivity contribution in [3.63, 3.8) is 0 Å². The van der Waals surface area contributed by atoms with Crippen molar-refractivity contribution in [2.45, 2.75) is 33.6 Å². The molecule has 134 valence electrons. The Kier molecular flexibility index (Phi) is 5.46. The van der Waals surface area contributed by atoms with Gasteiger partial charge >= 0.3 is 0 Å². The number of aliphatic hydroxyl groups is 1. The molecule has 0 amide bonds. The first-order valence-corrected chi connectivity index (χ1v) is 9.42. The Morgan fingerprint density at radius 3 is 2.00 bits per heavy atom. The lowest BCUT2D eigenvalue weighted by molar-refractivity contribution is 0.293. The Labute approximate surface area is 157 Å². The van der Waals surface area contributed by atoms with Crippen LogP contribution in [0.5, 0.6) is 0 Å². The second-order valence-corrected chi connectivity index (χ2v) is 7.77. The Morgan fingerprint density at radius 1 is 0.846 bits per heavy atom. The average Bonchev–Trinajstić information content (AvgIpc) is 2.87. The summed E-state index contributed by atoms with van der Waals surface area (Å²) in [4.78, 5) is 0. The van der Waals surface area contributed by atoms with Gasteiger partial charge in [0.25, 0.3) is 0 Å². The van der Waals surface area contributed by atoms with E-state index in [0.717, 1.165) is 12.8 Å². The van der Waals surface area contributed by atoms with E-state index < -0.39 is 0 Å². The fourth-order valence-electron chi connectivity index (χ4n) is 3.51. The van der Waals surface area contributed by atoms with Crippen LogP contribution in [0.3, 0.4) is 0 Å². The maximum Gasteiger partial charge on any atom is 0.112 e. The van der Waals surface area contributed by atoms with Gasteiger partial charge in [0.2, 0.25) is 0 Å². The van der Waals surface area contributed by atoms with Gasteiger partial charge in [-0.05, 0) is 52.7 Å². The zero-order valence-electron chi connectivity index (χ0n) is 15.9. The van der Waals surface area contributed by atoms with Crippen LogP contribution in [0.2, 0.25) is 0 Å². The second kappa shape index (κ2) is 7.78. The van der Waals surface area contributed by atoms with Crippen LogP contribution in [-0.4, -0.2) is 5.11 Å². The van der Waals surface area contributed by atoms with E-state index in [-0.39, 0.29) is 11.3 Å². The fourth-order valence-corrected chi connectivity index (χ4v) is 3.51. The smallest absolute Gasteiger partial charge is 0.112 e. The Balaban J connectivity index is 1.74. The van der Waals surface area contributed by atoms with Gasteiger partial charge in [0.15, 0.2) is 0 Å². The summed E-state index contributed by atoms with van der Waals surface area (Å²) in [7, 11) is 0. The molecule has 0 radical (unpaired) electrons. The molecule has 0 saturated heterocycles. The predicted octanol–water partition coefficient (Wildman–Crippen LogP) is 6.67. The molecule has 1 aliphatic carbocycles. The van der Waals surface area contributed by atoms with Gasteiger partial charge in [-0.15, -0.1) is 0 Å². The Bertz CT molecular complexity index is 817. The summed E-state index contributed by atoms with van der Waals surface area (Å²) in [5.41, 5.74) is 5.24. The van der Waals surface area contributed by atoms with E-state index in [0.29, 0.717) is 5.76 Å². The number of hydrogen-bond donors (Lipinski definition) is 1. The summed E-state index contributed by atoms with van der Waals surface area (Å²) < 4.78 is 0. The number of hydrogen-bond acceptors (Lipinski definition) is 1. The van der Waals surface area contributed by atoms with Gasteiger partial charge in [-0.1, -0.05) is 87.5 Å². The summed E-state index contributed by atoms with van der Waals surface area (Å²) in [6.07, 6.45) is 11.8. The largest absolute Gasteiger partial charge is 0.508 e. The third-order valence-corrected chi connectivity index (χ3v) is 5.26. The highest BCUT2D eigenvalue weighted by atomic mass is 16.3. The van der Waals surface area contributed by atoms with Crippen molar-refractivity contribution in [3.05, 3.63) is 95.8 Å². The van der Waals surface area contributed by atoms with Crippen molar-refractivity contribution in [3.8, 4) is 11.1 Å². The molecular weight excluding hydrogens is 316 g/mol. The van der Waals surface area contributed by atoms with E-state index in [4.69, 9.17) is 0 Å². The van der Waals surface area contributed by atoms with Crippen LogP contribution in [-0.2, 0) is 12.8 Å². The molecule has 0 bridgehead atoms. The summed E-state index contributed by atoms with van der Waals surface area (Å²) in [5, 5.41) is 9.92. The van der Waals surface area contributed by atoms with Gasteiger partial charge < -0.3 is 5.11 Å². The SMILES string of the molecule is CCc1ccc(-c2ccc(CC(C)(C)C3C=CC=CC(O)=C3)cc2)cc1. The highest BCUT2D eigenvalue weighted by Crippen LogP contribution is 2.35. The minimum absolute atomic E-state index is 0.0286. The molecule has 1 aliphatic rings. The normalized spacial score (nSPS) is 17.0. The minimum Gasteiger partial charge on any atom is -0.508 e. The number of benzene rings is 2. The van der Waals surface area contributed by atoms with Gasteiger partial charge in [0.05, 0.1) is 0 Å². The molecule has 0 aliphatic heterocycles. The minimum atomic E-state index is 0.0286. The molecular formula is C25H28O. The Hall–Kier alpha value is -2.54. The van der Waals surface area contributed by atoms with Crippen LogP contribution in [0.4, 0.5) is 0 Å². The van der Waals surface area contributed by atoms with Crippen LogP contribution in [0, 0.1) is 11.3 Å². The molecule has 1 unspecified atom stereocenters. The standard InChI is InChI=1S/C25H28O/c1-4-19-9-13-21(14-10-19)22-15-11-20(12-16-22)18-25(2,3)23-7-5-6-8-24(26)17-23/h5-17,23,26H,4,18H2,1-3H3. The average molecular weight is 344 g/mol. The highest BCUT2D eigenvalue weighted by molar-refractivity contribution is 5.64. The third-order valence-electron chi connectivity index (χ3n) is 5.26. The van der Waals surface area contributed by atoms with Crippen LogP contribution >= 0.6 is 0 Å². The molecule has 0 spiro atoms. The third kappa shape index (κ3) is 4.35. The van der Waals surface area contributed by atoms with Gasteiger partial charge in [-0.3, -0.25) is 0 Å². The van der Waals surface area contributed by atoms with Crippen LogP contribution in [0.1, 0.15) is 31.9 Å². The van der Waals surface area contributed by atoms with Crippen molar-refractivity contribution in [1.82, 2.24) is 0 Å². The molecule has 2 aromatic carbocycles. The van der Waals surface area contributed by atoms with Crippen molar-refractivity contribution < 1.29 is 5.11 Å². The highest BCUT2D eigenvalue weighted by Gasteiger charge is 2.27. The fraction of sp³-hybridized carbons (Fsp3) is 0.280. The maximum atomic E-state index is 9.92. The van der Waals surface area contributed by atoms with Gasteiger partial charge in [-0.25, -0.2) is 0 Å². The molecule has 1 nitrogen and oxygen atoms in total. The summed E-state index contributed by atoms with van der Waals surface area (Å²) >= 11 is 0. The molecule has 0 saturated carbocycles. The van der Waals surface area contributed by atoms with Crippen molar-refractivity contribution in [2.24, 2.45) is 11.3 Å². The van der Waals surface area contributed by atoms with Crippen molar-refractivity contribution >= 4 is 0 Å². The summed E-state index contributed by atoms with van der Waals surface area (Å²) in [6, 6.07) is 17.7. The first-order valence-electron chi connectivity index (χ1n) is 9.42. The Morgan fingerprint density at radius 2 is 1.42 bits per heavy atom. The first kappa shape index (κ1) is 18.3. The van der Waals surface area contributed by atoms with E-state index in [9.17, 15) is 5.11 Å². The van der Waals surface area contributed by atoms with Gasteiger partial charge in [-0.2, -0.15) is 0 Å². The first-order chi connectivity index (χ1) is 12.5. The molecule has 1 N–H and O–H groups in total. The monoisotopic (exact) mass is 344 g/mol. The van der Waals surface area contributed by atoms with Gasteiger partial charge in [0, 0.05) is 5.92 Å². The second-order valence-electron chi connectivity index (χ2n) is 7.77. The number of aliphatic hydroxyl groups excluding tert-OH is 1. The van der Waals surface area contributed by atoms with E-state index in [1.54, 1.807) is 6.08 Å². The zero-order chi connectivity index (χ0) is 18.6. The van der Waals surface area contributed by atoms with E-state index in [2.05, 4.69) is 75.4 Å². The predicted molar refractivity (Wildman–Crippen MR) is 111 cm³/mol. The number of allylic oxidation sites excluding steroid dienone is 5. The molecule has 2 aromatic rings.